The predicted molar refractivity (Wildman–Crippen MR) is 153 cm³/mol. The summed E-state index contributed by atoms with van der Waals surface area (Å²) in [5, 5.41) is 16.2. The van der Waals surface area contributed by atoms with E-state index in [2.05, 4.69) is 25.9 Å². The van der Waals surface area contributed by atoms with Crippen molar-refractivity contribution in [2.75, 3.05) is 11.5 Å². The highest BCUT2D eigenvalue weighted by Gasteiger charge is 2.32. The molecule has 0 spiro atoms. The lowest BCUT2D eigenvalue weighted by molar-refractivity contribution is -0.120. The molecule has 5 aromatic rings. The van der Waals surface area contributed by atoms with Crippen molar-refractivity contribution in [3.63, 3.8) is 0 Å². The zero-order valence-electron chi connectivity index (χ0n) is 21.6. The molecule has 0 aliphatic rings. The molecule has 5 rings (SSSR count). The second kappa shape index (κ2) is 12.9. The molecule has 10 heteroatoms. The highest BCUT2D eigenvalue weighted by atomic mass is 31.2. The molecule has 4 aromatic carbocycles. The number of anilines is 1. The van der Waals surface area contributed by atoms with Gasteiger partial charge in [0.25, 0.3) is 5.95 Å². The summed E-state index contributed by atoms with van der Waals surface area (Å²) >= 11 is 0. The summed E-state index contributed by atoms with van der Waals surface area (Å²) < 4.78 is 25.9. The molecule has 0 aliphatic carbocycles. The maximum Gasteiger partial charge on any atom is 0.430 e. The van der Waals surface area contributed by atoms with Crippen LogP contribution >= 0.6 is 7.60 Å². The number of aromatic amines is 1. The molecular formula is C30H28N5O4P. The van der Waals surface area contributed by atoms with Crippen LogP contribution in [0.3, 0.4) is 0 Å². The van der Waals surface area contributed by atoms with E-state index < -0.39 is 13.5 Å². The summed E-state index contributed by atoms with van der Waals surface area (Å²) in [5.41, 5.74) is 3.14. The van der Waals surface area contributed by atoms with Gasteiger partial charge >= 0.3 is 7.60 Å². The van der Waals surface area contributed by atoms with E-state index in [9.17, 15) is 9.36 Å². The lowest BCUT2D eigenvalue weighted by Gasteiger charge is -2.22. The maximum atomic E-state index is 14.0. The maximum absolute atomic E-state index is 14.0. The third-order valence-electron chi connectivity index (χ3n) is 6.22. The fourth-order valence-corrected chi connectivity index (χ4v) is 5.94. The van der Waals surface area contributed by atoms with Crippen LogP contribution < -0.4 is 14.4 Å². The van der Waals surface area contributed by atoms with Gasteiger partial charge < -0.3 is 9.05 Å². The summed E-state index contributed by atoms with van der Waals surface area (Å²) in [7, 11) is -3.71. The van der Waals surface area contributed by atoms with E-state index in [1.807, 2.05) is 66.7 Å². The van der Waals surface area contributed by atoms with Gasteiger partial charge in [0.1, 0.15) is 11.5 Å². The van der Waals surface area contributed by atoms with Gasteiger partial charge in [0.05, 0.1) is 6.16 Å². The van der Waals surface area contributed by atoms with Gasteiger partial charge in [-0.3, -0.25) is 10.1 Å². The number of nitrogens with one attached hydrogen (secondary N) is 2. The minimum Gasteiger partial charge on any atom is -0.416 e. The van der Waals surface area contributed by atoms with Crippen LogP contribution in [0.15, 0.2) is 115 Å². The zero-order valence-corrected chi connectivity index (χ0v) is 22.5. The van der Waals surface area contributed by atoms with Crippen molar-refractivity contribution in [1.29, 1.82) is 0 Å². The van der Waals surface area contributed by atoms with E-state index in [0.29, 0.717) is 17.9 Å². The lowest BCUT2D eigenvalue weighted by atomic mass is 9.94. The van der Waals surface area contributed by atoms with Gasteiger partial charge in [-0.2, -0.15) is 5.21 Å². The van der Waals surface area contributed by atoms with Crippen LogP contribution in [0.2, 0.25) is 0 Å². The molecule has 0 radical (unpaired) electrons. The molecule has 9 nitrogen and oxygen atoms in total. The monoisotopic (exact) mass is 553 g/mol. The van der Waals surface area contributed by atoms with Gasteiger partial charge in [0.15, 0.2) is 0 Å². The predicted octanol–water partition coefficient (Wildman–Crippen LogP) is 6.41. The van der Waals surface area contributed by atoms with Crippen molar-refractivity contribution in [3.8, 4) is 22.6 Å². The molecule has 40 heavy (non-hydrogen) atoms. The third kappa shape index (κ3) is 7.42. The Kier molecular flexibility index (Phi) is 8.63. The first-order valence-corrected chi connectivity index (χ1v) is 14.6. The fourth-order valence-electron chi connectivity index (χ4n) is 4.21. The van der Waals surface area contributed by atoms with Gasteiger partial charge in [0.2, 0.25) is 5.91 Å². The highest BCUT2D eigenvalue weighted by molar-refractivity contribution is 7.54. The molecule has 0 bridgehead atoms. The number of carbonyl (C=O) groups is 1. The molecule has 1 unspecified atom stereocenters. The van der Waals surface area contributed by atoms with E-state index >= 15 is 0 Å². The standard InChI is InChI=1S/C30H28N5O4P/c36-29(31-30-32-34-35-33-30)26(22-23-16-18-25(19-17-23)24-10-4-1-5-11-24)20-21-40(37,38-27-12-6-2-7-13-27)39-28-14-8-3-9-15-28/h1-19,26H,20-22H2,(H2,31,32,33,34,35,36). The molecule has 2 N–H and O–H groups in total. The second-order valence-electron chi connectivity index (χ2n) is 9.12. The Bertz CT molecular complexity index is 1490. The van der Waals surface area contributed by atoms with Crippen LogP contribution in [0.25, 0.3) is 11.1 Å². The minimum atomic E-state index is -3.71. The summed E-state index contributed by atoms with van der Waals surface area (Å²) in [6, 6.07) is 35.9. The quantitative estimate of drug-likeness (QED) is 0.172. The molecule has 202 valence electrons. The number of nitrogens with zero attached hydrogens (tertiary/aromatic N) is 3. The topological polar surface area (TPSA) is 119 Å². The van der Waals surface area contributed by atoms with Crippen LogP contribution in [0, 0.1) is 5.92 Å². The smallest absolute Gasteiger partial charge is 0.416 e. The number of carbonyl (C=O) groups excluding carboxylic acids is 1. The number of amides is 1. The van der Waals surface area contributed by atoms with E-state index in [0.717, 1.165) is 16.7 Å². The Morgan fingerprint density at radius 3 is 1.88 bits per heavy atom. The van der Waals surface area contributed by atoms with Gasteiger partial charge in [-0.15, -0.1) is 5.10 Å². The fraction of sp³-hybridized carbons (Fsp3) is 0.133. The average molecular weight is 554 g/mol. The number of hydrogen-bond acceptors (Lipinski definition) is 7. The first-order valence-electron chi connectivity index (χ1n) is 12.8. The number of para-hydroxylation sites is 2. The van der Waals surface area contributed by atoms with Crippen molar-refractivity contribution in [1.82, 2.24) is 20.6 Å². The largest absolute Gasteiger partial charge is 0.430 e. The average Bonchev–Trinajstić information content (AvgIpc) is 3.50. The molecular weight excluding hydrogens is 525 g/mol. The van der Waals surface area contributed by atoms with Gasteiger partial charge in [-0.25, -0.2) is 4.57 Å². The molecule has 1 amide bonds. The molecule has 1 heterocycles. The normalized spacial score (nSPS) is 11.9. The van der Waals surface area contributed by atoms with Crippen molar-refractivity contribution >= 4 is 19.5 Å². The second-order valence-corrected chi connectivity index (χ2v) is 11.2. The Morgan fingerprint density at radius 2 is 1.32 bits per heavy atom. The SMILES string of the molecule is O=C(Nc1nn[nH]n1)C(CCP(=O)(Oc1ccccc1)Oc1ccccc1)Cc1ccc(-c2ccccc2)cc1. The summed E-state index contributed by atoms with van der Waals surface area (Å²) in [6.07, 6.45) is 0.625. The zero-order chi connectivity index (χ0) is 27.6. The Labute approximate surface area is 232 Å². The van der Waals surface area contributed by atoms with Crippen LogP contribution in [-0.4, -0.2) is 32.7 Å². The minimum absolute atomic E-state index is 0.00319. The van der Waals surface area contributed by atoms with E-state index in [4.69, 9.17) is 9.05 Å². The molecule has 1 aromatic heterocycles. The van der Waals surface area contributed by atoms with Crippen molar-refractivity contribution in [2.45, 2.75) is 12.8 Å². The van der Waals surface area contributed by atoms with Crippen molar-refractivity contribution < 1.29 is 18.4 Å². The molecule has 0 fully saturated rings. The third-order valence-corrected chi connectivity index (χ3v) is 8.01. The Hall–Kier alpha value is -4.75. The Balaban J connectivity index is 1.36. The van der Waals surface area contributed by atoms with Gasteiger partial charge in [0, 0.05) is 5.92 Å². The van der Waals surface area contributed by atoms with Crippen LogP contribution in [0.4, 0.5) is 5.95 Å². The van der Waals surface area contributed by atoms with Gasteiger partial charge in [-0.1, -0.05) is 96.1 Å². The van der Waals surface area contributed by atoms with E-state index in [1.54, 1.807) is 48.5 Å². The number of tetrazole rings is 1. The molecule has 0 aliphatic heterocycles. The molecule has 0 saturated carbocycles. The Morgan fingerprint density at radius 1 is 0.775 bits per heavy atom. The highest BCUT2D eigenvalue weighted by Crippen LogP contribution is 2.49. The first kappa shape index (κ1) is 26.8. The summed E-state index contributed by atoms with van der Waals surface area (Å²) in [6.45, 7) is 0. The van der Waals surface area contributed by atoms with Crippen molar-refractivity contribution in [2.24, 2.45) is 5.92 Å². The molecule has 1 atom stereocenters. The number of benzene rings is 4. The lowest BCUT2D eigenvalue weighted by Crippen LogP contribution is -2.26. The van der Waals surface area contributed by atoms with E-state index in [1.165, 1.54) is 0 Å². The summed E-state index contributed by atoms with van der Waals surface area (Å²) in [5.74, 6) is 0.0171. The van der Waals surface area contributed by atoms with Crippen LogP contribution in [0.1, 0.15) is 12.0 Å². The number of H-pyrrole nitrogens is 1. The number of hydrogen-bond donors (Lipinski definition) is 2. The molecule has 0 saturated heterocycles. The van der Waals surface area contributed by atoms with Crippen LogP contribution in [0.5, 0.6) is 11.5 Å². The summed E-state index contributed by atoms with van der Waals surface area (Å²) in [4.78, 5) is 13.3. The number of aromatic nitrogens is 4. The van der Waals surface area contributed by atoms with Crippen LogP contribution in [-0.2, 0) is 15.8 Å². The van der Waals surface area contributed by atoms with Gasteiger partial charge in [-0.05, 0) is 59.0 Å². The van der Waals surface area contributed by atoms with E-state index in [-0.39, 0.29) is 24.4 Å². The van der Waals surface area contributed by atoms with Crippen molar-refractivity contribution in [3.05, 3.63) is 121 Å². The number of rotatable bonds is 12. The first-order chi connectivity index (χ1) is 19.6.